The van der Waals surface area contributed by atoms with Gasteiger partial charge in [-0.25, -0.2) is 10.8 Å². The molecular weight excluding hydrogens is 276 g/mol. The first kappa shape index (κ1) is 14.6. The van der Waals surface area contributed by atoms with Crippen LogP contribution in [0.4, 0.5) is 5.82 Å². The van der Waals surface area contributed by atoms with Crippen molar-refractivity contribution in [2.75, 3.05) is 5.43 Å². The maximum atomic E-state index is 6.09. The average Bonchev–Trinajstić information content (AvgIpc) is 2.46. The molecule has 5 nitrogen and oxygen atoms in total. The Kier molecular flexibility index (Phi) is 4.76. The van der Waals surface area contributed by atoms with Crippen LogP contribution in [0.15, 0.2) is 30.3 Å². The minimum Gasteiger partial charge on any atom is -0.473 e. The second kappa shape index (κ2) is 6.54. The highest BCUT2D eigenvalue weighted by Crippen LogP contribution is 2.21. The maximum absolute atomic E-state index is 6.09. The molecule has 0 saturated heterocycles. The average molecular weight is 293 g/mol. The number of aromatic nitrogens is 2. The highest BCUT2D eigenvalue weighted by Gasteiger charge is 2.09. The molecule has 0 fully saturated rings. The number of rotatable bonds is 5. The Morgan fingerprint density at radius 3 is 2.70 bits per heavy atom. The van der Waals surface area contributed by atoms with Crippen LogP contribution in [0.25, 0.3) is 0 Å². The smallest absolute Gasteiger partial charge is 0.219 e. The van der Waals surface area contributed by atoms with Crippen molar-refractivity contribution in [3.63, 3.8) is 0 Å². The summed E-state index contributed by atoms with van der Waals surface area (Å²) in [6.45, 7) is 4.36. The molecule has 0 aliphatic carbocycles. The Morgan fingerprint density at radius 1 is 1.30 bits per heavy atom. The predicted octanol–water partition coefficient (Wildman–Crippen LogP) is 3.12. The number of hydrogen-bond acceptors (Lipinski definition) is 5. The molecule has 3 N–H and O–H groups in total. The highest BCUT2D eigenvalue weighted by molar-refractivity contribution is 6.31. The lowest BCUT2D eigenvalue weighted by Crippen LogP contribution is -2.12. The lowest BCUT2D eigenvalue weighted by molar-refractivity contribution is 0.292. The molecule has 0 bridgehead atoms. The summed E-state index contributed by atoms with van der Waals surface area (Å²) in [5, 5.41) is 0.669. The van der Waals surface area contributed by atoms with Gasteiger partial charge in [0.05, 0.1) is 0 Å². The van der Waals surface area contributed by atoms with Gasteiger partial charge in [-0.3, -0.25) is 0 Å². The second-order valence-electron chi connectivity index (χ2n) is 4.63. The molecule has 0 radical (unpaired) electrons. The Morgan fingerprint density at radius 2 is 2.05 bits per heavy atom. The van der Waals surface area contributed by atoms with Crippen molar-refractivity contribution >= 4 is 17.4 Å². The van der Waals surface area contributed by atoms with E-state index in [4.69, 9.17) is 22.2 Å². The topological polar surface area (TPSA) is 73.1 Å². The maximum Gasteiger partial charge on any atom is 0.219 e. The van der Waals surface area contributed by atoms with Gasteiger partial charge in [-0.15, -0.1) is 0 Å². The van der Waals surface area contributed by atoms with Crippen LogP contribution < -0.4 is 16.0 Å². The number of nitrogens with zero attached hydrogens (tertiary/aromatic N) is 2. The fourth-order valence-corrected chi connectivity index (χ4v) is 1.81. The summed E-state index contributed by atoms with van der Waals surface area (Å²) in [5.74, 6) is 7.26. The van der Waals surface area contributed by atoms with E-state index in [0.717, 1.165) is 5.56 Å². The summed E-state index contributed by atoms with van der Waals surface area (Å²) in [7, 11) is 0. The van der Waals surface area contributed by atoms with Gasteiger partial charge in [0.25, 0.3) is 0 Å². The minimum atomic E-state index is 0.186. The molecule has 0 amide bonds. The molecule has 0 saturated carbocycles. The number of nitrogen functional groups attached to an aromatic ring is 1. The molecule has 1 heterocycles. The zero-order valence-corrected chi connectivity index (χ0v) is 12.2. The first-order valence-corrected chi connectivity index (χ1v) is 6.69. The number of ether oxygens (including phenoxy) is 1. The van der Waals surface area contributed by atoms with Gasteiger partial charge >= 0.3 is 0 Å². The molecule has 0 aliphatic heterocycles. The molecule has 1 aromatic heterocycles. The van der Waals surface area contributed by atoms with Gasteiger partial charge in [0.2, 0.25) is 5.88 Å². The Labute approximate surface area is 123 Å². The van der Waals surface area contributed by atoms with Crippen molar-refractivity contribution in [2.45, 2.75) is 26.4 Å². The van der Waals surface area contributed by atoms with Gasteiger partial charge in [-0.2, -0.15) is 4.98 Å². The Bertz CT molecular complexity index is 589. The standard InChI is InChI=1S/C14H17ClN4O/c1-9(2)14-17-12(19-16)7-13(18-14)20-8-10-5-3-4-6-11(10)15/h3-7,9H,8,16H2,1-2H3,(H,17,18,19). The highest BCUT2D eigenvalue weighted by atomic mass is 35.5. The summed E-state index contributed by atoms with van der Waals surface area (Å²) in [6.07, 6.45) is 0. The van der Waals surface area contributed by atoms with E-state index in [1.54, 1.807) is 6.07 Å². The van der Waals surface area contributed by atoms with Crippen molar-refractivity contribution in [1.82, 2.24) is 9.97 Å². The van der Waals surface area contributed by atoms with Gasteiger partial charge < -0.3 is 10.2 Å². The largest absolute Gasteiger partial charge is 0.473 e. The van der Waals surface area contributed by atoms with Crippen LogP contribution in [0.1, 0.15) is 31.2 Å². The quantitative estimate of drug-likeness (QED) is 0.654. The van der Waals surface area contributed by atoms with Crippen LogP contribution in [0, 0.1) is 0 Å². The van der Waals surface area contributed by atoms with Crippen molar-refractivity contribution in [3.05, 3.63) is 46.7 Å². The van der Waals surface area contributed by atoms with Gasteiger partial charge in [0.1, 0.15) is 18.2 Å². The zero-order chi connectivity index (χ0) is 14.5. The van der Waals surface area contributed by atoms with E-state index in [1.807, 2.05) is 38.1 Å². The van der Waals surface area contributed by atoms with Crippen LogP contribution in [0.5, 0.6) is 5.88 Å². The van der Waals surface area contributed by atoms with E-state index in [0.29, 0.717) is 29.2 Å². The van der Waals surface area contributed by atoms with Crippen LogP contribution in [0.3, 0.4) is 0 Å². The lowest BCUT2D eigenvalue weighted by Gasteiger charge is -2.11. The summed E-state index contributed by atoms with van der Waals surface area (Å²) in [6, 6.07) is 9.19. The summed E-state index contributed by atoms with van der Waals surface area (Å²) in [5.41, 5.74) is 3.42. The summed E-state index contributed by atoms with van der Waals surface area (Å²) >= 11 is 6.09. The van der Waals surface area contributed by atoms with E-state index in [-0.39, 0.29) is 5.92 Å². The number of nitrogens with one attached hydrogen (secondary N) is 1. The third-order valence-corrected chi connectivity index (χ3v) is 3.09. The van der Waals surface area contributed by atoms with E-state index in [2.05, 4.69) is 15.4 Å². The molecule has 1 aromatic carbocycles. The number of halogens is 1. The first-order valence-electron chi connectivity index (χ1n) is 6.32. The van der Waals surface area contributed by atoms with Crippen molar-refractivity contribution in [2.24, 2.45) is 5.84 Å². The Hall–Kier alpha value is -1.85. The van der Waals surface area contributed by atoms with Crippen LogP contribution >= 0.6 is 11.6 Å². The normalized spacial score (nSPS) is 10.7. The molecule has 6 heteroatoms. The van der Waals surface area contributed by atoms with Gasteiger partial charge in [-0.1, -0.05) is 43.6 Å². The van der Waals surface area contributed by atoms with Crippen LogP contribution in [0.2, 0.25) is 5.02 Å². The fourth-order valence-electron chi connectivity index (χ4n) is 1.62. The third-order valence-electron chi connectivity index (χ3n) is 2.72. The van der Waals surface area contributed by atoms with E-state index in [9.17, 15) is 0 Å². The molecule has 20 heavy (non-hydrogen) atoms. The molecule has 106 valence electrons. The number of anilines is 1. The summed E-state index contributed by atoms with van der Waals surface area (Å²) in [4.78, 5) is 8.62. The number of benzene rings is 1. The van der Waals surface area contributed by atoms with E-state index >= 15 is 0 Å². The SMILES string of the molecule is CC(C)c1nc(NN)cc(OCc2ccccc2Cl)n1. The lowest BCUT2D eigenvalue weighted by atomic mass is 10.2. The van der Waals surface area contributed by atoms with Crippen molar-refractivity contribution in [3.8, 4) is 5.88 Å². The fraction of sp³-hybridized carbons (Fsp3) is 0.286. The van der Waals surface area contributed by atoms with Gasteiger partial charge in [-0.05, 0) is 6.07 Å². The van der Waals surface area contributed by atoms with Gasteiger partial charge in [0.15, 0.2) is 0 Å². The second-order valence-corrected chi connectivity index (χ2v) is 5.04. The number of hydrazine groups is 1. The molecule has 0 atom stereocenters. The predicted molar refractivity (Wildman–Crippen MR) is 79.7 cm³/mol. The first-order chi connectivity index (χ1) is 9.60. The van der Waals surface area contributed by atoms with E-state index in [1.165, 1.54) is 0 Å². The monoisotopic (exact) mass is 292 g/mol. The molecular formula is C14H17ClN4O. The third kappa shape index (κ3) is 3.59. The Balaban J connectivity index is 2.17. The molecule has 0 unspecified atom stereocenters. The number of hydrogen-bond donors (Lipinski definition) is 2. The molecule has 2 rings (SSSR count). The van der Waals surface area contributed by atoms with Crippen LogP contribution in [-0.2, 0) is 6.61 Å². The summed E-state index contributed by atoms with van der Waals surface area (Å²) < 4.78 is 5.68. The number of nitrogens with two attached hydrogens (primary N) is 1. The minimum absolute atomic E-state index is 0.186. The molecule has 2 aromatic rings. The van der Waals surface area contributed by atoms with Crippen molar-refractivity contribution in [1.29, 1.82) is 0 Å². The zero-order valence-electron chi connectivity index (χ0n) is 11.4. The van der Waals surface area contributed by atoms with E-state index < -0.39 is 0 Å². The van der Waals surface area contributed by atoms with Gasteiger partial charge in [0, 0.05) is 22.6 Å². The molecule has 0 aliphatic rings. The van der Waals surface area contributed by atoms with Crippen LogP contribution in [-0.4, -0.2) is 9.97 Å². The van der Waals surface area contributed by atoms with Crippen molar-refractivity contribution < 1.29 is 4.74 Å². The molecule has 0 spiro atoms.